The van der Waals surface area contributed by atoms with E-state index in [9.17, 15) is 30.3 Å². The van der Waals surface area contributed by atoms with Crippen LogP contribution in [-0.2, 0) is 14.3 Å². The average Bonchev–Trinajstić information content (AvgIpc) is 3.07. The lowest BCUT2D eigenvalue weighted by atomic mass is 9.99. The Hall–Kier alpha value is -1.33. The van der Waals surface area contributed by atoms with E-state index < -0.39 is 49.5 Å². The van der Waals surface area contributed by atoms with Crippen molar-refractivity contribution in [3.05, 3.63) is 24.3 Å². The Morgan fingerprint density at radius 3 is 1.87 bits per heavy atom. The lowest BCUT2D eigenvalue weighted by Crippen LogP contribution is -2.60. The summed E-state index contributed by atoms with van der Waals surface area (Å²) in [6, 6.07) is -0.714. The first-order valence-electron chi connectivity index (χ1n) is 19.0. The van der Waals surface area contributed by atoms with E-state index in [0.29, 0.717) is 12.8 Å². The number of ether oxygens (including phenoxy) is 2. The molecule has 1 aliphatic rings. The molecule has 1 aliphatic heterocycles. The second-order valence-electron chi connectivity index (χ2n) is 13.4. The highest BCUT2D eigenvalue weighted by molar-refractivity contribution is 5.76. The normalized spacial score (nSPS) is 23.1. The first kappa shape index (κ1) is 43.7. The number of nitrogens with one attached hydrogen (secondary N) is 1. The van der Waals surface area contributed by atoms with Crippen molar-refractivity contribution < 1.29 is 39.8 Å². The third-order valence-corrected chi connectivity index (χ3v) is 9.06. The predicted octanol–water partition coefficient (Wildman–Crippen LogP) is 6.38. The Labute approximate surface area is 286 Å². The second-order valence-corrected chi connectivity index (χ2v) is 13.4. The topological polar surface area (TPSA) is 149 Å². The van der Waals surface area contributed by atoms with Crippen LogP contribution in [-0.4, -0.2) is 87.5 Å². The van der Waals surface area contributed by atoms with Crippen molar-refractivity contribution in [1.82, 2.24) is 5.32 Å². The minimum Gasteiger partial charge on any atom is -0.394 e. The van der Waals surface area contributed by atoms with Crippen molar-refractivity contribution in [2.24, 2.45) is 0 Å². The zero-order chi connectivity index (χ0) is 34.5. The molecule has 7 atom stereocenters. The van der Waals surface area contributed by atoms with Gasteiger partial charge in [-0.3, -0.25) is 4.79 Å². The summed E-state index contributed by atoms with van der Waals surface area (Å²) in [5.74, 6) is -0.158. The molecule has 9 nitrogen and oxygen atoms in total. The van der Waals surface area contributed by atoms with E-state index in [-0.39, 0.29) is 12.5 Å². The molecule has 47 heavy (non-hydrogen) atoms. The molecule has 0 aliphatic carbocycles. The number of hydrogen-bond donors (Lipinski definition) is 6. The predicted molar refractivity (Wildman–Crippen MR) is 189 cm³/mol. The Bertz CT molecular complexity index is 792. The maximum absolute atomic E-state index is 12.8. The Kier molecular flexibility index (Phi) is 27.5. The van der Waals surface area contributed by atoms with Gasteiger partial charge < -0.3 is 40.3 Å². The largest absolute Gasteiger partial charge is 0.394 e. The van der Waals surface area contributed by atoms with Crippen LogP contribution >= 0.6 is 0 Å². The first-order valence-corrected chi connectivity index (χ1v) is 19.0. The monoisotopic (exact) mass is 670 g/mol. The molecule has 276 valence electrons. The van der Waals surface area contributed by atoms with Gasteiger partial charge in [0.1, 0.15) is 24.4 Å². The number of carbonyl (C=O) groups excluding carboxylic acids is 1. The van der Waals surface area contributed by atoms with E-state index in [1.54, 1.807) is 0 Å². The number of aliphatic hydroxyl groups is 5. The number of unbranched alkanes of at least 4 members (excludes halogenated alkanes) is 16. The van der Waals surface area contributed by atoms with Crippen LogP contribution in [0.1, 0.15) is 155 Å². The van der Waals surface area contributed by atoms with Crippen LogP contribution in [0, 0.1) is 0 Å². The third kappa shape index (κ3) is 21.4. The molecule has 0 aromatic heterocycles. The summed E-state index contributed by atoms with van der Waals surface area (Å²) >= 11 is 0. The average molecular weight is 670 g/mol. The molecule has 6 N–H and O–H groups in total. The number of aliphatic hydroxyl groups excluding tert-OH is 5. The summed E-state index contributed by atoms with van der Waals surface area (Å²) in [7, 11) is 0. The van der Waals surface area contributed by atoms with E-state index in [4.69, 9.17) is 9.47 Å². The van der Waals surface area contributed by atoms with Gasteiger partial charge in [-0.05, 0) is 44.9 Å². The minimum absolute atomic E-state index is 0.141. The van der Waals surface area contributed by atoms with E-state index in [2.05, 4.69) is 43.5 Å². The van der Waals surface area contributed by atoms with E-state index in [1.807, 2.05) is 0 Å². The SMILES string of the molecule is CCCCC/C=C\C/C=C\CCCCCCCCCCCC(=O)NC(COC1OC(CO)C(O)C(O)C1O)C(O)CCCCCCC. The molecule has 0 aromatic rings. The quantitative estimate of drug-likeness (QED) is 0.0381. The Morgan fingerprint density at radius 2 is 1.26 bits per heavy atom. The molecule has 1 heterocycles. The van der Waals surface area contributed by atoms with Gasteiger partial charge in [-0.15, -0.1) is 0 Å². The summed E-state index contributed by atoms with van der Waals surface area (Å²) in [5.41, 5.74) is 0. The molecule has 1 saturated heterocycles. The fraction of sp³-hybridized carbons (Fsp3) is 0.868. The van der Waals surface area contributed by atoms with Crippen molar-refractivity contribution in [3.8, 4) is 0 Å². The van der Waals surface area contributed by atoms with Gasteiger partial charge in [-0.25, -0.2) is 0 Å². The minimum atomic E-state index is -1.55. The van der Waals surface area contributed by atoms with Crippen LogP contribution in [0.4, 0.5) is 0 Å². The highest BCUT2D eigenvalue weighted by Crippen LogP contribution is 2.23. The van der Waals surface area contributed by atoms with Crippen LogP contribution in [0.25, 0.3) is 0 Å². The molecule has 1 rings (SSSR count). The van der Waals surface area contributed by atoms with Crippen LogP contribution < -0.4 is 5.32 Å². The van der Waals surface area contributed by atoms with Crippen molar-refractivity contribution in [2.75, 3.05) is 13.2 Å². The number of amides is 1. The summed E-state index contributed by atoms with van der Waals surface area (Å²) < 4.78 is 11.1. The van der Waals surface area contributed by atoms with Gasteiger partial charge in [0, 0.05) is 6.42 Å². The second kappa shape index (κ2) is 29.6. The van der Waals surface area contributed by atoms with Crippen LogP contribution in [0.2, 0.25) is 0 Å². The van der Waals surface area contributed by atoms with E-state index in [0.717, 1.165) is 57.8 Å². The van der Waals surface area contributed by atoms with Gasteiger partial charge in [-0.1, -0.05) is 128 Å². The highest BCUT2D eigenvalue weighted by Gasteiger charge is 2.44. The molecule has 0 saturated carbocycles. The highest BCUT2D eigenvalue weighted by atomic mass is 16.7. The summed E-state index contributed by atoms with van der Waals surface area (Å²) in [5, 5.41) is 53.6. The summed E-state index contributed by atoms with van der Waals surface area (Å²) in [6.07, 6.45) is 25.1. The Balaban J connectivity index is 2.27. The molecule has 0 radical (unpaired) electrons. The smallest absolute Gasteiger partial charge is 0.220 e. The van der Waals surface area contributed by atoms with Gasteiger partial charge >= 0.3 is 0 Å². The maximum atomic E-state index is 12.8. The first-order chi connectivity index (χ1) is 22.8. The van der Waals surface area contributed by atoms with Crippen LogP contribution in [0.3, 0.4) is 0 Å². The molecular weight excluding hydrogens is 598 g/mol. The molecule has 7 unspecified atom stereocenters. The molecular formula is C38H71NO8. The summed E-state index contributed by atoms with van der Waals surface area (Å²) in [6.45, 7) is 3.69. The fourth-order valence-electron chi connectivity index (χ4n) is 5.89. The lowest BCUT2D eigenvalue weighted by Gasteiger charge is -2.40. The standard InChI is InChI=1S/C38H71NO8/c1-3-5-7-9-10-11-12-13-14-15-16-17-18-19-20-21-22-24-26-28-34(42)39-31(32(41)27-25-23-8-6-4-2)30-46-38-37(45)36(44)35(43)33(29-40)47-38/h10-11,13-14,31-33,35-38,40-41,43-45H,3-9,12,15-30H2,1-2H3,(H,39,42)/b11-10-,14-13-. The Morgan fingerprint density at radius 1 is 0.723 bits per heavy atom. The number of allylic oxidation sites excluding steroid dienone is 4. The van der Waals surface area contributed by atoms with Gasteiger partial charge in [0.2, 0.25) is 5.91 Å². The van der Waals surface area contributed by atoms with Gasteiger partial charge in [0.25, 0.3) is 0 Å². The van der Waals surface area contributed by atoms with Crippen molar-refractivity contribution in [3.63, 3.8) is 0 Å². The molecule has 0 bridgehead atoms. The third-order valence-electron chi connectivity index (χ3n) is 9.06. The molecule has 1 fully saturated rings. The van der Waals surface area contributed by atoms with Crippen molar-refractivity contribution >= 4 is 5.91 Å². The summed E-state index contributed by atoms with van der Waals surface area (Å²) in [4.78, 5) is 12.8. The molecule has 9 heteroatoms. The maximum Gasteiger partial charge on any atom is 0.220 e. The number of carbonyl (C=O) groups is 1. The zero-order valence-corrected chi connectivity index (χ0v) is 29.8. The molecule has 1 amide bonds. The number of hydrogen-bond acceptors (Lipinski definition) is 8. The number of rotatable bonds is 30. The van der Waals surface area contributed by atoms with Gasteiger partial charge in [0.15, 0.2) is 6.29 Å². The molecule has 0 aromatic carbocycles. The van der Waals surface area contributed by atoms with Crippen LogP contribution in [0.15, 0.2) is 24.3 Å². The van der Waals surface area contributed by atoms with Gasteiger partial charge in [0.05, 0.1) is 25.4 Å². The van der Waals surface area contributed by atoms with Gasteiger partial charge in [-0.2, -0.15) is 0 Å². The fourth-order valence-corrected chi connectivity index (χ4v) is 5.89. The van der Waals surface area contributed by atoms with Crippen molar-refractivity contribution in [2.45, 2.75) is 198 Å². The zero-order valence-electron chi connectivity index (χ0n) is 29.8. The van der Waals surface area contributed by atoms with E-state index >= 15 is 0 Å². The molecule has 0 spiro atoms. The van der Waals surface area contributed by atoms with Crippen LogP contribution in [0.5, 0.6) is 0 Å². The van der Waals surface area contributed by atoms with Crippen molar-refractivity contribution in [1.29, 1.82) is 0 Å². The lowest BCUT2D eigenvalue weighted by molar-refractivity contribution is -0.302. The van der Waals surface area contributed by atoms with E-state index in [1.165, 1.54) is 70.6 Å².